The minimum atomic E-state index is -2.81. The second kappa shape index (κ2) is 14.2. The standard InChI is InChI=1S/C26H37N3O5Si/c1-21(17-28-29-27)25(33-20-31-6)24(32-19-30-5)18-34-35(26(2,3)4,22-13-9-7-10-14-22)23-15-11-8-12-16-23/h7-16,24-25H,1,17-20H2,2-6H3/t24-,25-/m1/s1. The molecular formula is C26H37N3O5Si. The van der Waals surface area contributed by atoms with E-state index in [0.717, 1.165) is 10.4 Å². The van der Waals surface area contributed by atoms with E-state index in [4.69, 9.17) is 28.9 Å². The van der Waals surface area contributed by atoms with Crippen molar-refractivity contribution in [3.05, 3.63) is 83.3 Å². The number of benzene rings is 2. The molecule has 0 amide bonds. The van der Waals surface area contributed by atoms with Crippen LogP contribution in [0.1, 0.15) is 20.8 Å². The van der Waals surface area contributed by atoms with Gasteiger partial charge in [-0.2, -0.15) is 0 Å². The fraction of sp³-hybridized carbons (Fsp3) is 0.462. The summed E-state index contributed by atoms with van der Waals surface area (Å²) in [6, 6.07) is 20.7. The lowest BCUT2D eigenvalue weighted by Crippen LogP contribution is -2.67. The summed E-state index contributed by atoms with van der Waals surface area (Å²) in [6.07, 6.45) is -1.21. The van der Waals surface area contributed by atoms with Crippen molar-refractivity contribution in [2.24, 2.45) is 5.11 Å². The molecule has 2 aromatic rings. The van der Waals surface area contributed by atoms with Crippen LogP contribution >= 0.6 is 0 Å². The van der Waals surface area contributed by atoms with E-state index in [0.29, 0.717) is 5.57 Å². The normalized spacial score (nSPS) is 13.6. The average Bonchev–Trinajstić information content (AvgIpc) is 2.86. The second-order valence-electron chi connectivity index (χ2n) is 9.13. The molecule has 0 aliphatic carbocycles. The first kappa shape index (κ1) is 28.7. The third kappa shape index (κ3) is 7.49. The molecule has 0 saturated carbocycles. The lowest BCUT2D eigenvalue weighted by molar-refractivity contribution is -0.155. The van der Waals surface area contributed by atoms with Crippen LogP contribution in [0.2, 0.25) is 5.04 Å². The number of hydrogen-bond donors (Lipinski definition) is 0. The molecule has 0 aliphatic heterocycles. The Hall–Kier alpha value is -2.49. The quantitative estimate of drug-likeness (QED) is 0.0903. The minimum absolute atomic E-state index is 0.0199. The predicted octanol–water partition coefficient (Wildman–Crippen LogP) is 4.41. The van der Waals surface area contributed by atoms with E-state index in [2.05, 4.69) is 61.6 Å². The minimum Gasteiger partial charge on any atom is -0.405 e. The van der Waals surface area contributed by atoms with Gasteiger partial charge >= 0.3 is 0 Å². The summed E-state index contributed by atoms with van der Waals surface area (Å²) in [5, 5.41) is 5.76. The van der Waals surface area contributed by atoms with Gasteiger partial charge in [0.15, 0.2) is 0 Å². The van der Waals surface area contributed by atoms with Gasteiger partial charge in [0.1, 0.15) is 25.8 Å². The highest BCUT2D eigenvalue weighted by atomic mass is 28.4. The maximum Gasteiger partial charge on any atom is 0.261 e. The Morgan fingerprint density at radius 1 is 0.943 bits per heavy atom. The SMILES string of the molecule is C=C(CN=[N+]=[N-])[C@@H](OCOC)[C@@H](CO[Si](c1ccccc1)(c1ccccc1)C(C)(C)C)OCOC. The molecule has 0 N–H and O–H groups in total. The molecule has 0 radical (unpaired) electrons. The molecule has 2 atom stereocenters. The zero-order valence-electron chi connectivity index (χ0n) is 21.3. The maximum absolute atomic E-state index is 8.79. The molecule has 2 aromatic carbocycles. The molecule has 8 nitrogen and oxygen atoms in total. The van der Waals surface area contributed by atoms with Crippen LogP contribution in [0.4, 0.5) is 0 Å². The number of nitrogens with zero attached hydrogens (tertiary/aromatic N) is 3. The van der Waals surface area contributed by atoms with Crippen molar-refractivity contribution >= 4 is 18.7 Å². The summed E-state index contributed by atoms with van der Waals surface area (Å²) in [5.74, 6) is 0. The smallest absolute Gasteiger partial charge is 0.261 e. The first-order chi connectivity index (χ1) is 16.8. The van der Waals surface area contributed by atoms with Gasteiger partial charge in [-0.3, -0.25) is 0 Å². The monoisotopic (exact) mass is 499 g/mol. The first-order valence-corrected chi connectivity index (χ1v) is 13.4. The Morgan fingerprint density at radius 2 is 1.46 bits per heavy atom. The number of ether oxygens (including phenoxy) is 4. The summed E-state index contributed by atoms with van der Waals surface area (Å²) < 4.78 is 29.3. The zero-order chi connectivity index (χ0) is 25.7. The van der Waals surface area contributed by atoms with Gasteiger partial charge in [0.25, 0.3) is 8.32 Å². The summed E-state index contributed by atoms with van der Waals surface area (Å²) in [5.41, 5.74) is 9.35. The van der Waals surface area contributed by atoms with Crippen molar-refractivity contribution in [1.82, 2.24) is 0 Å². The first-order valence-electron chi connectivity index (χ1n) is 11.5. The Bertz CT molecular complexity index is 907. The molecular weight excluding hydrogens is 462 g/mol. The van der Waals surface area contributed by atoms with Crippen LogP contribution in [0.15, 0.2) is 77.9 Å². The largest absolute Gasteiger partial charge is 0.405 e. The molecule has 0 bridgehead atoms. The van der Waals surface area contributed by atoms with E-state index in [9.17, 15) is 0 Å². The fourth-order valence-electron chi connectivity index (χ4n) is 4.19. The Labute approximate surface area is 209 Å². The van der Waals surface area contributed by atoms with E-state index in [1.807, 2.05) is 36.4 Å². The molecule has 9 heteroatoms. The van der Waals surface area contributed by atoms with Crippen molar-refractivity contribution in [2.45, 2.75) is 38.0 Å². The van der Waals surface area contributed by atoms with Crippen LogP contribution in [0.5, 0.6) is 0 Å². The molecule has 0 fully saturated rings. The van der Waals surface area contributed by atoms with Crippen LogP contribution in [0, 0.1) is 0 Å². The lowest BCUT2D eigenvalue weighted by Gasteiger charge is -2.44. The summed E-state index contributed by atoms with van der Waals surface area (Å²) in [4.78, 5) is 2.84. The molecule has 0 aromatic heterocycles. The lowest BCUT2D eigenvalue weighted by atomic mass is 10.1. The van der Waals surface area contributed by atoms with Gasteiger partial charge in [-0.05, 0) is 26.5 Å². The molecule has 190 valence electrons. The topological polar surface area (TPSA) is 94.9 Å². The zero-order valence-corrected chi connectivity index (χ0v) is 22.3. The number of azide groups is 1. The van der Waals surface area contributed by atoms with Crippen molar-refractivity contribution in [1.29, 1.82) is 0 Å². The van der Waals surface area contributed by atoms with Gasteiger partial charge in [0.2, 0.25) is 0 Å². The van der Waals surface area contributed by atoms with Gasteiger partial charge in [-0.1, -0.05) is 93.1 Å². The molecule has 2 rings (SSSR count). The number of methoxy groups -OCH3 is 2. The highest BCUT2D eigenvalue weighted by Crippen LogP contribution is 2.37. The third-order valence-electron chi connectivity index (χ3n) is 5.72. The van der Waals surface area contributed by atoms with E-state index >= 15 is 0 Å². The molecule has 0 aliphatic rings. The van der Waals surface area contributed by atoms with Crippen molar-refractivity contribution in [3.8, 4) is 0 Å². The Morgan fingerprint density at radius 3 is 1.91 bits per heavy atom. The fourth-order valence-corrected chi connectivity index (χ4v) is 8.76. The van der Waals surface area contributed by atoms with Crippen molar-refractivity contribution in [3.63, 3.8) is 0 Å². The van der Waals surface area contributed by atoms with E-state index in [1.54, 1.807) is 7.11 Å². The van der Waals surface area contributed by atoms with Crippen LogP contribution in [-0.2, 0) is 23.4 Å². The van der Waals surface area contributed by atoms with Crippen molar-refractivity contribution in [2.75, 3.05) is 41.0 Å². The Balaban J connectivity index is 2.53. The maximum atomic E-state index is 8.79. The molecule has 0 spiro atoms. The Kier molecular flexibility index (Phi) is 11.6. The van der Waals surface area contributed by atoms with E-state index < -0.39 is 20.5 Å². The van der Waals surface area contributed by atoms with Crippen LogP contribution < -0.4 is 10.4 Å². The molecule has 0 heterocycles. The summed E-state index contributed by atoms with van der Waals surface area (Å²) >= 11 is 0. The van der Waals surface area contributed by atoms with Crippen molar-refractivity contribution < 1.29 is 23.4 Å². The van der Waals surface area contributed by atoms with Gasteiger partial charge < -0.3 is 23.4 Å². The molecule has 0 saturated heterocycles. The third-order valence-corrected chi connectivity index (χ3v) is 10.7. The highest BCUT2D eigenvalue weighted by Gasteiger charge is 2.50. The highest BCUT2D eigenvalue weighted by molar-refractivity contribution is 6.99. The van der Waals surface area contributed by atoms with Gasteiger partial charge in [0, 0.05) is 25.7 Å². The number of rotatable bonds is 15. The van der Waals surface area contributed by atoms with Gasteiger partial charge in [-0.15, -0.1) is 0 Å². The predicted molar refractivity (Wildman–Crippen MR) is 140 cm³/mol. The van der Waals surface area contributed by atoms with Gasteiger partial charge in [0.05, 0.1) is 6.61 Å². The summed E-state index contributed by atoms with van der Waals surface area (Å²) in [6.45, 7) is 11.0. The van der Waals surface area contributed by atoms with E-state index in [-0.39, 0.29) is 31.8 Å². The molecule has 35 heavy (non-hydrogen) atoms. The molecule has 0 unspecified atom stereocenters. The van der Waals surface area contributed by atoms with Crippen LogP contribution in [0.25, 0.3) is 10.4 Å². The van der Waals surface area contributed by atoms with E-state index in [1.165, 1.54) is 7.11 Å². The summed E-state index contributed by atoms with van der Waals surface area (Å²) in [7, 11) is 0.286. The average molecular weight is 500 g/mol. The van der Waals surface area contributed by atoms with Crippen LogP contribution in [-0.4, -0.2) is 61.5 Å². The second-order valence-corrected chi connectivity index (χ2v) is 13.4. The van der Waals surface area contributed by atoms with Crippen LogP contribution in [0.3, 0.4) is 0 Å². The van der Waals surface area contributed by atoms with Gasteiger partial charge in [-0.25, -0.2) is 0 Å². The number of hydrogen-bond acceptors (Lipinski definition) is 6.